The number of ether oxygens (including phenoxy) is 1. The van der Waals surface area contributed by atoms with E-state index in [0.29, 0.717) is 11.9 Å². The second-order valence-electron chi connectivity index (χ2n) is 5.55. The SMILES string of the molecule is COc1nc(N)nc2c1ccn2C1CCCCCCC1. The van der Waals surface area contributed by atoms with Gasteiger partial charge >= 0.3 is 0 Å². The van der Waals surface area contributed by atoms with Crippen LogP contribution in [0.25, 0.3) is 11.0 Å². The van der Waals surface area contributed by atoms with Crippen LogP contribution in [0.15, 0.2) is 12.3 Å². The number of nitrogen functional groups attached to an aromatic ring is 1. The van der Waals surface area contributed by atoms with E-state index in [-0.39, 0.29) is 5.95 Å². The molecule has 1 saturated carbocycles. The van der Waals surface area contributed by atoms with Crippen molar-refractivity contribution in [3.8, 4) is 5.88 Å². The first-order valence-electron chi connectivity index (χ1n) is 7.47. The Morgan fingerprint density at radius 3 is 2.55 bits per heavy atom. The van der Waals surface area contributed by atoms with Crippen molar-refractivity contribution in [2.75, 3.05) is 12.8 Å². The lowest BCUT2D eigenvalue weighted by atomic mass is 9.96. The Morgan fingerprint density at radius 2 is 1.85 bits per heavy atom. The van der Waals surface area contributed by atoms with Crippen molar-refractivity contribution >= 4 is 17.0 Å². The molecule has 0 unspecified atom stereocenters. The number of anilines is 1. The van der Waals surface area contributed by atoms with Gasteiger partial charge in [-0.05, 0) is 18.9 Å². The van der Waals surface area contributed by atoms with Crippen LogP contribution in [0.4, 0.5) is 5.95 Å². The predicted octanol–water partition coefficient (Wildman–Crippen LogP) is 3.31. The number of methoxy groups -OCH3 is 1. The zero-order valence-electron chi connectivity index (χ0n) is 12.0. The number of hydrogen-bond donors (Lipinski definition) is 1. The molecule has 1 aliphatic carbocycles. The molecule has 5 nitrogen and oxygen atoms in total. The first kappa shape index (κ1) is 13.2. The highest BCUT2D eigenvalue weighted by molar-refractivity contribution is 5.82. The van der Waals surface area contributed by atoms with Crippen molar-refractivity contribution in [3.05, 3.63) is 12.3 Å². The van der Waals surface area contributed by atoms with Crippen LogP contribution in [0.5, 0.6) is 5.88 Å². The fourth-order valence-electron chi connectivity index (χ4n) is 3.18. The molecular weight excluding hydrogens is 252 g/mol. The lowest BCUT2D eigenvalue weighted by molar-refractivity contribution is 0.377. The first-order valence-corrected chi connectivity index (χ1v) is 7.47. The van der Waals surface area contributed by atoms with Crippen LogP contribution in [0, 0.1) is 0 Å². The zero-order chi connectivity index (χ0) is 13.9. The second-order valence-corrected chi connectivity index (χ2v) is 5.55. The summed E-state index contributed by atoms with van der Waals surface area (Å²) in [6.07, 6.45) is 11.2. The Kier molecular flexibility index (Phi) is 3.76. The number of hydrogen-bond acceptors (Lipinski definition) is 4. The maximum Gasteiger partial charge on any atom is 0.227 e. The Bertz CT molecular complexity index is 585. The molecule has 0 radical (unpaired) electrons. The monoisotopic (exact) mass is 274 g/mol. The zero-order valence-corrected chi connectivity index (χ0v) is 12.0. The van der Waals surface area contributed by atoms with Crippen molar-refractivity contribution in [3.63, 3.8) is 0 Å². The normalized spacial score (nSPS) is 17.9. The van der Waals surface area contributed by atoms with Crippen LogP contribution in [-0.4, -0.2) is 21.6 Å². The molecule has 2 heterocycles. The number of fused-ring (bicyclic) bond motifs is 1. The van der Waals surface area contributed by atoms with E-state index in [1.807, 2.05) is 6.07 Å². The van der Waals surface area contributed by atoms with E-state index < -0.39 is 0 Å². The standard InChI is InChI=1S/C15H22N4O/c1-20-14-12-9-10-19(13(12)17-15(16)18-14)11-7-5-3-2-4-6-8-11/h9-11H,2-8H2,1H3,(H2,16,17,18). The number of rotatable bonds is 2. The van der Waals surface area contributed by atoms with Crippen molar-refractivity contribution in [1.82, 2.24) is 14.5 Å². The van der Waals surface area contributed by atoms with Gasteiger partial charge in [0.25, 0.3) is 0 Å². The van der Waals surface area contributed by atoms with Gasteiger partial charge in [-0.15, -0.1) is 0 Å². The molecule has 20 heavy (non-hydrogen) atoms. The largest absolute Gasteiger partial charge is 0.480 e. The minimum absolute atomic E-state index is 0.278. The molecule has 1 fully saturated rings. The molecular formula is C15H22N4O. The van der Waals surface area contributed by atoms with Gasteiger partial charge in [0.1, 0.15) is 5.65 Å². The van der Waals surface area contributed by atoms with Crippen LogP contribution in [0.1, 0.15) is 51.0 Å². The van der Waals surface area contributed by atoms with E-state index in [0.717, 1.165) is 11.0 Å². The molecule has 0 bridgehead atoms. The Morgan fingerprint density at radius 1 is 1.15 bits per heavy atom. The lowest BCUT2D eigenvalue weighted by Gasteiger charge is -2.22. The summed E-state index contributed by atoms with van der Waals surface area (Å²) < 4.78 is 7.57. The molecule has 0 saturated heterocycles. The van der Waals surface area contributed by atoms with Gasteiger partial charge in [-0.1, -0.05) is 32.1 Å². The highest BCUT2D eigenvalue weighted by Gasteiger charge is 2.18. The van der Waals surface area contributed by atoms with Gasteiger partial charge < -0.3 is 15.0 Å². The van der Waals surface area contributed by atoms with Gasteiger partial charge in [-0.3, -0.25) is 0 Å². The molecule has 0 spiro atoms. The van der Waals surface area contributed by atoms with Crippen LogP contribution >= 0.6 is 0 Å². The highest BCUT2D eigenvalue weighted by atomic mass is 16.5. The molecule has 0 aliphatic heterocycles. The summed E-state index contributed by atoms with van der Waals surface area (Å²) in [4.78, 5) is 8.57. The smallest absolute Gasteiger partial charge is 0.227 e. The first-order chi connectivity index (χ1) is 9.79. The fraction of sp³-hybridized carbons (Fsp3) is 0.600. The van der Waals surface area contributed by atoms with Crippen molar-refractivity contribution < 1.29 is 4.74 Å². The summed E-state index contributed by atoms with van der Waals surface area (Å²) in [6.45, 7) is 0. The summed E-state index contributed by atoms with van der Waals surface area (Å²) in [5, 5.41) is 0.948. The van der Waals surface area contributed by atoms with Crippen LogP contribution < -0.4 is 10.5 Å². The fourth-order valence-corrected chi connectivity index (χ4v) is 3.18. The van der Waals surface area contributed by atoms with E-state index in [1.54, 1.807) is 7.11 Å². The van der Waals surface area contributed by atoms with Gasteiger partial charge in [-0.25, -0.2) is 0 Å². The minimum atomic E-state index is 0.278. The van der Waals surface area contributed by atoms with Crippen LogP contribution in [0.2, 0.25) is 0 Å². The maximum absolute atomic E-state index is 5.80. The van der Waals surface area contributed by atoms with Gasteiger partial charge in [0, 0.05) is 12.2 Å². The Balaban J connectivity index is 2.00. The average molecular weight is 274 g/mol. The lowest BCUT2D eigenvalue weighted by Crippen LogP contribution is -2.11. The molecule has 5 heteroatoms. The van der Waals surface area contributed by atoms with Gasteiger partial charge in [0.15, 0.2) is 0 Å². The third-order valence-electron chi connectivity index (χ3n) is 4.22. The summed E-state index contributed by atoms with van der Waals surface area (Å²) in [7, 11) is 1.62. The molecule has 1 aliphatic rings. The molecule has 2 N–H and O–H groups in total. The van der Waals surface area contributed by atoms with Crippen molar-refractivity contribution in [1.29, 1.82) is 0 Å². The molecule has 2 aromatic rings. The topological polar surface area (TPSA) is 66.0 Å². The van der Waals surface area contributed by atoms with E-state index in [4.69, 9.17) is 10.5 Å². The molecule has 2 aromatic heterocycles. The minimum Gasteiger partial charge on any atom is -0.480 e. The quantitative estimate of drug-likeness (QED) is 0.912. The average Bonchev–Trinajstić information content (AvgIpc) is 2.81. The summed E-state index contributed by atoms with van der Waals surface area (Å²) >= 11 is 0. The van der Waals surface area contributed by atoms with Gasteiger partial charge in [0.2, 0.25) is 11.8 Å². The number of aromatic nitrogens is 3. The highest BCUT2D eigenvalue weighted by Crippen LogP contribution is 2.32. The molecule has 0 amide bonds. The van der Waals surface area contributed by atoms with Crippen LogP contribution in [-0.2, 0) is 0 Å². The van der Waals surface area contributed by atoms with E-state index in [9.17, 15) is 0 Å². The van der Waals surface area contributed by atoms with Crippen molar-refractivity contribution in [2.24, 2.45) is 0 Å². The van der Waals surface area contributed by atoms with Gasteiger partial charge in [-0.2, -0.15) is 9.97 Å². The maximum atomic E-state index is 5.80. The molecule has 0 atom stereocenters. The van der Waals surface area contributed by atoms with E-state index in [1.165, 1.54) is 44.9 Å². The Hall–Kier alpha value is -1.78. The van der Waals surface area contributed by atoms with Crippen molar-refractivity contribution in [2.45, 2.75) is 51.0 Å². The third kappa shape index (κ3) is 2.44. The molecule has 0 aromatic carbocycles. The van der Waals surface area contributed by atoms with Crippen LogP contribution in [0.3, 0.4) is 0 Å². The van der Waals surface area contributed by atoms with Gasteiger partial charge in [0.05, 0.1) is 12.5 Å². The second kappa shape index (κ2) is 5.69. The molecule has 108 valence electrons. The number of nitrogens with two attached hydrogens (primary N) is 1. The van der Waals surface area contributed by atoms with E-state index in [2.05, 4.69) is 20.7 Å². The third-order valence-corrected chi connectivity index (χ3v) is 4.22. The summed E-state index contributed by atoms with van der Waals surface area (Å²) in [5.74, 6) is 0.845. The van der Waals surface area contributed by atoms with E-state index >= 15 is 0 Å². The Labute approximate surface area is 119 Å². The number of nitrogens with zero attached hydrogens (tertiary/aromatic N) is 3. The molecule has 3 rings (SSSR count). The predicted molar refractivity (Wildman–Crippen MR) is 79.8 cm³/mol. The summed E-state index contributed by atoms with van der Waals surface area (Å²) in [5.41, 5.74) is 6.70. The summed E-state index contributed by atoms with van der Waals surface area (Å²) in [6, 6.07) is 2.55.